The van der Waals surface area contributed by atoms with E-state index in [4.69, 9.17) is 20.3 Å². The molecule has 1 aromatic rings. The van der Waals surface area contributed by atoms with Crippen molar-refractivity contribution in [1.29, 1.82) is 0 Å². The molecule has 0 radical (unpaired) electrons. The number of hydrogen-bond donors (Lipinski definition) is 3. The van der Waals surface area contributed by atoms with Gasteiger partial charge < -0.3 is 25.3 Å². The van der Waals surface area contributed by atoms with E-state index in [9.17, 15) is 4.79 Å². The van der Waals surface area contributed by atoms with Crippen LogP contribution in [0.15, 0.2) is 0 Å². The average molecular weight is 215 g/mol. The first-order chi connectivity index (χ1) is 7.08. The van der Waals surface area contributed by atoms with Crippen LogP contribution in [-0.2, 0) is 11.2 Å². The lowest BCUT2D eigenvalue weighted by Crippen LogP contribution is -2.32. The third-order valence-electron chi connectivity index (χ3n) is 1.85. The first-order valence-corrected chi connectivity index (χ1v) is 4.23. The van der Waals surface area contributed by atoms with E-state index in [0.29, 0.717) is 11.6 Å². The van der Waals surface area contributed by atoms with Crippen molar-refractivity contribution in [3.63, 3.8) is 0 Å². The van der Waals surface area contributed by atoms with Gasteiger partial charge in [0.25, 0.3) is 6.01 Å². The fourth-order valence-corrected chi connectivity index (χ4v) is 1.08. The third-order valence-corrected chi connectivity index (χ3v) is 1.85. The van der Waals surface area contributed by atoms with Gasteiger partial charge in [-0.15, -0.1) is 0 Å². The van der Waals surface area contributed by atoms with Crippen molar-refractivity contribution >= 4 is 5.97 Å². The Morgan fingerprint density at radius 1 is 1.60 bits per heavy atom. The second-order valence-corrected chi connectivity index (χ2v) is 2.88. The lowest BCUT2D eigenvalue weighted by molar-refractivity contribution is -0.138. The van der Waals surface area contributed by atoms with Gasteiger partial charge in [-0.25, -0.2) is 0 Å². The monoisotopic (exact) mass is 215 g/mol. The number of nitrogens with two attached hydrogens (primary N) is 1. The SMILES string of the molecule is COc1nc(OC)c(C[C@H](N)C(=O)O)[nH]1. The number of nitrogens with one attached hydrogen (secondary N) is 1. The molecule has 15 heavy (non-hydrogen) atoms. The second kappa shape index (κ2) is 4.65. The summed E-state index contributed by atoms with van der Waals surface area (Å²) in [5.74, 6) is -0.783. The van der Waals surface area contributed by atoms with E-state index in [2.05, 4.69) is 9.97 Å². The van der Waals surface area contributed by atoms with Crippen molar-refractivity contribution < 1.29 is 19.4 Å². The number of methoxy groups -OCH3 is 2. The van der Waals surface area contributed by atoms with E-state index in [1.807, 2.05) is 0 Å². The summed E-state index contributed by atoms with van der Waals surface area (Å²) < 4.78 is 9.78. The molecule has 84 valence electrons. The quantitative estimate of drug-likeness (QED) is 0.603. The molecule has 0 aromatic carbocycles. The Hall–Kier alpha value is -1.76. The highest BCUT2D eigenvalue weighted by Crippen LogP contribution is 2.19. The van der Waals surface area contributed by atoms with Gasteiger partial charge in [0.2, 0.25) is 5.88 Å². The number of H-pyrrole nitrogens is 1. The molecule has 7 heteroatoms. The molecule has 0 saturated heterocycles. The number of aromatic amines is 1. The Kier molecular flexibility index (Phi) is 3.51. The normalized spacial score (nSPS) is 12.2. The zero-order valence-electron chi connectivity index (χ0n) is 8.48. The lowest BCUT2D eigenvalue weighted by atomic mass is 10.2. The number of carbonyl (C=O) groups is 1. The predicted molar refractivity (Wildman–Crippen MR) is 51.0 cm³/mol. The first kappa shape index (κ1) is 11.3. The van der Waals surface area contributed by atoms with Crippen molar-refractivity contribution in [2.24, 2.45) is 5.73 Å². The van der Waals surface area contributed by atoms with Crippen molar-refractivity contribution in [2.75, 3.05) is 14.2 Å². The first-order valence-electron chi connectivity index (χ1n) is 4.23. The summed E-state index contributed by atoms with van der Waals surface area (Å²) in [5, 5.41) is 8.64. The molecular formula is C8H13N3O4. The van der Waals surface area contributed by atoms with Crippen molar-refractivity contribution in [3.05, 3.63) is 5.69 Å². The van der Waals surface area contributed by atoms with Crippen LogP contribution in [0.4, 0.5) is 0 Å². The topological polar surface area (TPSA) is 110 Å². The largest absolute Gasteiger partial charge is 0.480 e. The molecule has 1 heterocycles. The maximum Gasteiger partial charge on any atom is 0.320 e. The highest BCUT2D eigenvalue weighted by atomic mass is 16.5. The molecule has 0 bridgehead atoms. The zero-order valence-corrected chi connectivity index (χ0v) is 8.48. The molecule has 0 unspecified atom stereocenters. The Morgan fingerprint density at radius 2 is 2.27 bits per heavy atom. The number of carboxylic acids is 1. The molecule has 4 N–H and O–H groups in total. The van der Waals surface area contributed by atoms with Crippen molar-refractivity contribution in [2.45, 2.75) is 12.5 Å². The third kappa shape index (κ3) is 2.59. The van der Waals surface area contributed by atoms with Gasteiger partial charge in [0.05, 0.1) is 19.9 Å². The second-order valence-electron chi connectivity index (χ2n) is 2.88. The van der Waals surface area contributed by atoms with Crippen LogP contribution in [0.2, 0.25) is 0 Å². The van der Waals surface area contributed by atoms with Crippen LogP contribution in [0.5, 0.6) is 11.9 Å². The summed E-state index contributed by atoms with van der Waals surface area (Å²) in [7, 11) is 2.88. The molecule has 0 aliphatic rings. The summed E-state index contributed by atoms with van der Waals surface area (Å²) in [6.07, 6.45) is 0.106. The molecule has 1 atom stereocenters. The molecule has 0 saturated carbocycles. The molecule has 1 aromatic heterocycles. The number of imidazole rings is 1. The number of rotatable bonds is 5. The molecule has 0 aliphatic heterocycles. The molecule has 0 amide bonds. The zero-order chi connectivity index (χ0) is 11.4. The van der Waals surface area contributed by atoms with Gasteiger partial charge >= 0.3 is 5.97 Å². The number of carboxylic acid groups (broad SMARTS) is 1. The summed E-state index contributed by atoms with van der Waals surface area (Å²) in [4.78, 5) is 17.2. The van der Waals surface area contributed by atoms with E-state index in [0.717, 1.165) is 0 Å². The van der Waals surface area contributed by atoms with Gasteiger partial charge in [-0.2, -0.15) is 4.98 Å². The molecule has 7 nitrogen and oxygen atoms in total. The minimum atomic E-state index is -1.08. The van der Waals surface area contributed by atoms with Gasteiger partial charge in [0.15, 0.2) is 0 Å². The highest BCUT2D eigenvalue weighted by Gasteiger charge is 2.18. The van der Waals surface area contributed by atoms with E-state index in [-0.39, 0.29) is 12.4 Å². The highest BCUT2D eigenvalue weighted by molar-refractivity contribution is 5.73. The number of hydrogen-bond acceptors (Lipinski definition) is 5. The predicted octanol–water partition coefficient (Wildman–Crippen LogP) is -0.619. The standard InChI is InChI=1S/C8H13N3O4/c1-14-6-5(3-4(9)7(12)13)10-8(11-6)15-2/h4H,3,9H2,1-2H3,(H,10,11)(H,12,13)/t4-/m0/s1. The van der Waals surface area contributed by atoms with E-state index in [1.165, 1.54) is 14.2 Å². The lowest BCUT2D eigenvalue weighted by Gasteiger charge is -2.04. The fraction of sp³-hybridized carbons (Fsp3) is 0.500. The van der Waals surface area contributed by atoms with Crippen LogP contribution >= 0.6 is 0 Å². The summed E-state index contributed by atoms with van der Waals surface area (Å²) in [5.41, 5.74) is 5.88. The van der Waals surface area contributed by atoms with Crippen LogP contribution in [-0.4, -0.2) is 41.3 Å². The maximum atomic E-state index is 10.5. The van der Waals surface area contributed by atoms with Gasteiger partial charge in [-0.05, 0) is 0 Å². The molecular weight excluding hydrogens is 202 g/mol. The Bertz CT molecular complexity index is 350. The fourth-order valence-electron chi connectivity index (χ4n) is 1.08. The van der Waals surface area contributed by atoms with E-state index in [1.54, 1.807) is 0 Å². The van der Waals surface area contributed by atoms with Crippen LogP contribution < -0.4 is 15.2 Å². The number of aromatic nitrogens is 2. The Balaban J connectivity index is 2.83. The number of nitrogens with zero attached hydrogens (tertiary/aromatic N) is 1. The van der Waals surface area contributed by atoms with E-state index < -0.39 is 12.0 Å². The van der Waals surface area contributed by atoms with Crippen LogP contribution in [0, 0.1) is 0 Å². The minimum Gasteiger partial charge on any atom is -0.480 e. The molecule has 0 spiro atoms. The number of ether oxygens (including phenoxy) is 2. The minimum absolute atomic E-state index is 0.106. The molecule has 0 fully saturated rings. The van der Waals surface area contributed by atoms with Gasteiger partial charge in [0.1, 0.15) is 6.04 Å². The molecule has 1 rings (SSSR count). The van der Waals surface area contributed by atoms with Crippen LogP contribution in [0.1, 0.15) is 5.69 Å². The van der Waals surface area contributed by atoms with Gasteiger partial charge in [-0.1, -0.05) is 0 Å². The summed E-state index contributed by atoms with van der Waals surface area (Å²) in [6.45, 7) is 0. The average Bonchev–Trinajstić information content (AvgIpc) is 2.60. The Morgan fingerprint density at radius 3 is 2.73 bits per heavy atom. The summed E-state index contributed by atoms with van der Waals surface area (Å²) in [6, 6.07) is -0.733. The Labute approximate surface area is 86.2 Å². The van der Waals surface area contributed by atoms with Crippen molar-refractivity contribution in [3.8, 4) is 11.9 Å². The van der Waals surface area contributed by atoms with Crippen molar-refractivity contribution in [1.82, 2.24) is 9.97 Å². The van der Waals surface area contributed by atoms with Gasteiger partial charge in [0, 0.05) is 6.42 Å². The smallest absolute Gasteiger partial charge is 0.320 e. The van der Waals surface area contributed by atoms with Crippen LogP contribution in [0.25, 0.3) is 0 Å². The number of aliphatic carboxylic acids is 1. The maximum absolute atomic E-state index is 10.5. The summed E-state index contributed by atoms with van der Waals surface area (Å²) >= 11 is 0. The molecule has 0 aliphatic carbocycles. The van der Waals surface area contributed by atoms with Crippen LogP contribution in [0.3, 0.4) is 0 Å². The van der Waals surface area contributed by atoms with Gasteiger partial charge in [-0.3, -0.25) is 4.79 Å². The van der Waals surface area contributed by atoms with E-state index >= 15 is 0 Å².